The van der Waals surface area contributed by atoms with Crippen molar-refractivity contribution in [3.63, 3.8) is 0 Å². The van der Waals surface area contributed by atoms with E-state index in [1.54, 1.807) is 12.1 Å². The third-order valence-electron chi connectivity index (χ3n) is 5.89. The molecule has 2 aromatic carbocycles. The van der Waals surface area contributed by atoms with E-state index < -0.39 is 0 Å². The molecule has 1 amide bonds. The van der Waals surface area contributed by atoms with E-state index in [0.29, 0.717) is 18.1 Å². The minimum atomic E-state index is -0.0755. The molecule has 8 heteroatoms. The summed E-state index contributed by atoms with van der Waals surface area (Å²) < 4.78 is 7.19. The maximum absolute atomic E-state index is 12.5. The number of amides is 1. The molecule has 1 aliphatic heterocycles. The summed E-state index contributed by atoms with van der Waals surface area (Å²) >= 11 is 0. The first-order valence-corrected chi connectivity index (χ1v) is 11.5. The van der Waals surface area contributed by atoms with Crippen molar-refractivity contribution in [2.75, 3.05) is 44.7 Å². The van der Waals surface area contributed by atoms with Gasteiger partial charge >= 0.3 is 0 Å². The van der Waals surface area contributed by atoms with E-state index in [0.717, 1.165) is 55.4 Å². The Balaban J connectivity index is 1.23. The van der Waals surface area contributed by atoms with Crippen LogP contribution in [-0.4, -0.2) is 64.8 Å². The number of fused-ring (bicyclic) bond motifs is 1. The Kier molecular flexibility index (Phi) is 6.51. The zero-order valence-electron chi connectivity index (χ0n) is 19.2. The number of hydrogen-bond acceptors (Lipinski definition) is 6. The van der Waals surface area contributed by atoms with Gasteiger partial charge in [-0.15, -0.1) is 5.10 Å². The van der Waals surface area contributed by atoms with Crippen LogP contribution in [0, 0.1) is 6.92 Å². The number of rotatable bonds is 7. The van der Waals surface area contributed by atoms with Gasteiger partial charge in [-0.3, -0.25) is 9.69 Å². The molecule has 1 fully saturated rings. The van der Waals surface area contributed by atoms with Crippen LogP contribution in [0.2, 0.25) is 0 Å². The first kappa shape index (κ1) is 22.1. The molecule has 8 nitrogen and oxygen atoms in total. The molecule has 4 aromatic rings. The van der Waals surface area contributed by atoms with Crippen molar-refractivity contribution in [3.05, 3.63) is 77.9 Å². The van der Waals surface area contributed by atoms with E-state index in [4.69, 9.17) is 4.74 Å². The predicted molar refractivity (Wildman–Crippen MR) is 132 cm³/mol. The van der Waals surface area contributed by atoms with Gasteiger partial charge in [-0.05, 0) is 49.4 Å². The lowest BCUT2D eigenvalue weighted by Gasteiger charge is -2.26. The molecule has 0 aliphatic carbocycles. The van der Waals surface area contributed by atoms with E-state index in [-0.39, 0.29) is 5.91 Å². The van der Waals surface area contributed by atoms with Crippen LogP contribution in [0.25, 0.3) is 16.9 Å². The van der Waals surface area contributed by atoms with Crippen molar-refractivity contribution in [1.82, 2.24) is 24.8 Å². The quantitative estimate of drug-likeness (QED) is 0.443. The molecule has 174 valence electrons. The van der Waals surface area contributed by atoms with Gasteiger partial charge in [0.1, 0.15) is 0 Å². The molecule has 2 aromatic heterocycles. The van der Waals surface area contributed by atoms with Gasteiger partial charge in [0.25, 0.3) is 5.91 Å². The Morgan fingerprint density at radius 3 is 2.62 bits per heavy atom. The lowest BCUT2D eigenvalue weighted by atomic mass is 10.1. The Labute approximate surface area is 198 Å². The lowest BCUT2D eigenvalue weighted by Crippen LogP contribution is -2.41. The SMILES string of the molecule is Cc1cccc(-c2cccc3nc(Nc4ccc(C(=O)NCCN5CCOCC5)cc4)nn23)c1. The number of benzene rings is 2. The molecular formula is C26H28N6O2. The fourth-order valence-electron chi connectivity index (χ4n) is 4.07. The van der Waals surface area contributed by atoms with E-state index in [1.807, 2.05) is 40.9 Å². The van der Waals surface area contributed by atoms with Crippen LogP contribution in [0.1, 0.15) is 15.9 Å². The van der Waals surface area contributed by atoms with Crippen molar-refractivity contribution >= 4 is 23.2 Å². The van der Waals surface area contributed by atoms with Crippen molar-refractivity contribution in [2.24, 2.45) is 0 Å². The normalized spacial score (nSPS) is 14.3. The molecular weight excluding hydrogens is 428 g/mol. The van der Waals surface area contributed by atoms with Crippen molar-refractivity contribution in [3.8, 4) is 11.3 Å². The number of ether oxygens (including phenoxy) is 1. The van der Waals surface area contributed by atoms with E-state index in [1.165, 1.54) is 5.56 Å². The Hall–Kier alpha value is -3.75. The highest BCUT2D eigenvalue weighted by Gasteiger charge is 2.12. The molecule has 0 unspecified atom stereocenters. The van der Waals surface area contributed by atoms with Gasteiger partial charge in [-0.1, -0.05) is 29.8 Å². The summed E-state index contributed by atoms with van der Waals surface area (Å²) in [7, 11) is 0. The van der Waals surface area contributed by atoms with Gasteiger partial charge in [0, 0.05) is 43.0 Å². The number of hydrogen-bond donors (Lipinski definition) is 2. The minimum absolute atomic E-state index is 0.0755. The summed E-state index contributed by atoms with van der Waals surface area (Å²) in [6.07, 6.45) is 0. The summed E-state index contributed by atoms with van der Waals surface area (Å²) in [4.78, 5) is 19.4. The monoisotopic (exact) mass is 456 g/mol. The number of aryl methyl sites for hydroxylation is 1. The Bertz CT molecular complexity index is 1280. The first-order chi connectivity index (χ1) is 16.7. The first-order valence-electron chi connectivity index (χ1n) is 11.5. The van der Waals surface area contributed by atoms with Gasteiger partial charge in [-0.2, -0.15) is 4.98 Å². The second-order valence-corrected chi connectivity index (χ2v) is 8.40. The zero-order valence-corrected chi connectivity index (χ0v) is 19.2. The van der Waals surface area contributed by atoms with E-state index in [9.17, 15) is 4.79 Å². The van der Waals surface area contributed by atoms with E-state index in [2.05, 4.69) is 50.7 Å². The zero-order chi connectivity index (χ0) is 23.3. The van der Waals surface area contributed by atoms with Crippen LogP contribution in [0.3, 0.4) is 0 Å². The van der Waals surface area contributed by atoms with Crippen LogP contribution in [0.15, 0.2) is 66.7 Å². The number of anilines is 2. The molecule has 0 atom stereocenters. The largest absolute Gasteiger partial charge is 0.379 e. The summed E-state index contributed by atoms with van der Waals surface area (Å²) in [5.41, 5.74) is 5.46. The second kappa shape index (κ2) is 10.0. The van der Waals surface area contributed by atoms with Gasteiger partial charge in [-0.25, -0.2) is 4.52 Å². The topological polar surface area (TPSA) is 83.8 Å². The molecule has 0 bridgehead atoms. The van der Waals surface area contributed by atoms with Gasteiger partial charge in [0.15, 0.2) is 5.65 Å². The highest BCUT2D eigenvalue weighted by Crippen LogP contribution is 2.23. The van der Waals surface area contributed by atoms with Gasteiger partial charge < -0.3 is 15.4 Å². The molecule has 2 N–H and O–H groups in total. The maximum Gasteiger partial charge on any atom is 0.251 e. The molecule has 34 heavy (non-hydrogen) atoms. The Morgan fingerprint density at radius 1 is 1.03 bits per heavy atom. The molecule has 0 radical (unpaired) electrons. The highest BCUT2D eigenvalue weighted by atomic mass is 16.5. The Morgan fingerprint density at radius 2 is 1.82 bits per heavy atom. The van der Waals surface area contributed by atoms with Crippen LogP contribution in [-0.2, 0) is 4.74 Å². The summed E-state index contributed by atoms with van der Waals surface area (Å²) in [5.74, 6) is 0.427. The van der Waals surface area contributed by atoms with Crippen LogP contribution >= 0.6 is 0 Å². The van der Waals surface area contributed by atoms with Gasteiger partial charge in [0.2, 0.25) is 5.95 Å². The lowest BCUT2D eigenvalue weighted by molar-refractivity contribution is 0.0383. The molecule has 5 rings (SSSR count). The smallest absolute Gasteiger partial charge is 0.251 e. The highest BCUT2D eigenvalue weighted by molar-refractivity contribution is 5.94. The van der Waals surface area contributed by atoms with Crippen molar-refractivity contribution in [2.45, 2.75) is 6.92 Å². The van der Waals surface area contributed by atoms with Gasteiger partial charge in [0.05, 0.1) is 18.9 Å². The number of nitrogens with zero attached hydrogens (tertiary/aromatic N) is 4. The third kappa shape index (κ3) is 5.08. The number of nitrogens with one attached hydrogen (secondary N) is 2. The van der Waals surface area contributed by atoms with Crippen molar-refractivity contribution in [1.29, 1.82) is 0 Å². The molecule has 0 saturated carbocycles. The minimum Gasteiger partial charge on any atom is -0.379 e. The molecule has 1 saturated heterocycles. The van der Waals surface area contributed by atoms with E-state index >= 15 is 0 Å². The number of pyridine rings is 1. The van der Waals surface area contributed by atoms with Crippen LogP contribution in [0.4, 0.5) is 11.6 Å². The third-order valence-corrected chi connectivity index (χ3v) is 5.89. The fraction of sp³-hybridized carbons (Fsp3) is 0.269. The molecule has 0 spiro atoms. The second-order valence-electron chi connectivity index (χ2n) is 8.40. The summed E-state index contributed by atoms with van der Waals surface area (Å²) in [5, 5.41) is 10.9. The number of carbonyl (C=O) groups is 1. The standard InChI is InChI=1S/C26H28N6O2/c1-19-4-2-5-21(18-19)23-6-3-7-24-29-26(30-32(23)24)28-22-10-8-20(9-11-22)25(33)27-12-13-31-14-16-34-17-15-31/h2-11,18H,12-17H2,1H3,(H,27,33)(H,28,30). The number of aromatic nitrogens is 3. The van der Waals surface area contributed by atoms with Crippen LogP contribution in [0.5, 0.6) is 0 Å². The van der Waals surface area contributed by atoms with Crippen molar-refractivity contribution < 1.29 is 9.53 Å². The number of carbonyl (C=O) groups excluding carboxylic acids is 1. The maximum atomic E-state index is 12.5. The number of morpholine rings is 1. The summed E-state index contributed by atoms with van der Waals surface area (Å²) in [6, 6.07) is 21.6. The van der Waals surface area contributed by atoms with Crippen LogP contribution < -0.4 is 10.6 Å². The predicted octanol–water partition coefficient (Wildman–Crippen LogP) is 3.51. The summed E-state index contributed by atoms with van der Waals surface area (Å²) in [6.45, 7) is 6.88. The molecule has 1 aliphatic rings. The average Bonchev–Trinajstić information content (AvgIpc) is 3.27. The molecule has 3 heterocycles. The fourth-order valence-corrected chi connectivity index (χ4v) is 4.07. The average molecular weight is 457 g/mol.